The van der Waals surface area contributed by atoms with Crippen molar-refractivity contribution in [3.63, 3.8) is 0 Å². The van der Waals surface area contributed by atoms with Gasteiger partial charge in [-0.15, -0.1) is 0 Å². The molecule has 1 fully saturated rings. The van der Waals surface area contributed by atoms with Crippen LogP contribution in [0.2, 0.25) is 0 Å². The molecule has 1 atom stereocenters. The predicted molar refractivity (Wildman–Crippen MR) is 119 cm³/mol. The van der Waals surface area contributed by atoms with Gasteiger partial charge >= 0.3 is 6.18 Å². The molecule has 1 aliphatic carbocycles. The average molecular weight is 513 g/mol. The molecule has 1 aromatic carbocycles. The molecule has 2 aromatic heterocycles. The lowest BCUT2D eigenvalue weighted by Crippen LogP contribution is -2.41. The van der Waals surface area contributed by atoms with Crippen LogP contribution in [0.5, 0.6) is 0 Å². The van der Waals surface area contributed by atoms with E-state index in [0.29, 0.717) is 25.7 Å². The Balaban J connectivity index is 1.34. The van der Waals surface area contributed by atoms with E-state index in [-0.39, 0.29) is 34.2 Å². The normalized spacial score (nSPS) is 20.0. The number of halogens is 4. The predicted octanol–water partition coefficient (Wildman–Crippen LogP) is 4.21. The molecular formula is C23H24F4N4O3S. The van der Waals surface area contributed by atoms with E-state index < -0.39 is 27.9 Å². The second kappa shape index (κ2) is 9.57. The van der Waals surface area contributed by atoms with Gasteiger partial charge in [-0.1, -0.05) is 12.1 Å². The Labute approximate surface area is 199 Å². The van der Waals surface area contributed by atoms with Crippen molar-refractivity contribution < 1.29 is 30.8 Å². The number of fused-ring (bicyclic) bond motifs is 1. The molecule has 0 unspecified atom stereocenters. The molecule has 188 valence electrons. The Bertz CT molecular complexity index is 1310. The van der Waals surface area contributed by atoms with Crippen LogP contribution in [-0.4, -0.2) is 29.8 Å². The molecule has 0 saturated heterocycles. The molecule has 0 radical (unpaired) electrons. The molecule has 1 aliphatic rings. The van der Waals surface area contributed by atoms with Crippen molar-refractivity contribution in [2.24, 2.45) is 5.92 Å². The molecule has 1 amide bonds. The topological polar surface area (TPSA) is 92.6 Å². The van der Waals surface area contributed by atoms with Crippen LogP contribution in [0.1, 0.15) is 49.9 Å². The molecule has 0 spiro atoms. The van der Waals surface area contributed by atoms with Gasteiger partial charge in [-0.05, 0) is 62.4 Å². The Morgan fingerprint density at radius 3 is 2.34 bits per heavy atom. The second-order valence-corrected chi connectivity index (χ2v) is 10.4. The number of nitrogens with one attached hydrogen (secondary N) is 2. The third kappa shape index (κ3) is 5.81. The molecule has 2 heterocycles. The maximum atomic E-state index is 13.1. The van der Waals surface area contributed by atoms with E-state index in [0.717, 1.165) is 22.4 Å². The summed E-state index contributed by atoms with van der Waals surface area (Å²) in [5, 5.41) is 2.92. The first kappa shape index (κ1) is 25.1. The van der Waals surface area contributed by atoms with E-state index in [1.807, 2.05) is 0 Å². The molecule has 12 heteroatoms. The van der Waals surface area contributed by atoms with Crippen LogP contribution < -0.4 is 10.0 Å². The number of benzene rings is 1. The lowest BCUT2D eigenvalue weighted by Gasteiger charge is -2.29. The van der Waals surface area contributed by atoms with Gasteiger partial charge in [0, 0.05) is 24.4 Å². The van der Waals surface area contributed by atoms with E-state index in [9.17, 15) is 30.8 Å². The quantitative estimate of drug-likeness (QED) is 0.484. The van der Waals surface area contributed by atoms with Crippen LogP contribution in [0.4, 0.5) is 17.6 Å². The van der Waals surface area contributed by atoms with Crippen molar-refractivity contribution in [1.82, 2.24) is 19.4 Å². The summed E-state index contributed by atoms with van der Waals surface area (Å²) in [6.07, 6.45) is -0.969. The molecular weight excluding hydrogens is 488 g/mol. The molecule has 2 N–H and O–H groups in total. The lowest BCUT2D eigenvalue weighted by molar-refractivity contribution is -0.140. The van der Waals surface area contributed by atoms with Gasteiger partial charge in [-0.2, -0.15) is 13.2 Å². The summed E-state index contributed by atoms with van der Waals surface area (Å²) < 4.78 is 81.0. The number of nitrogens with zero attached hydrogens (tertiary/aromatic N) is 2. The van der Waals surface area contributed by atoms with Gasteiger partial charge < -0.3 is 9.72 Å². The number of carbonyl (C=O) groups excluding carboxylic acids is 1. The molecule has 0 bridgehead atoms. The van der Waals surface area contributed by atoms with Gasteiger partial charge in [0.15, 0.2) is 5.69 Å². The number of hydrogen-bond acceptors (Lipinski definition) is 4. The molecule has 4 rings (SSSR count). The standard InChI is InChI=1S/C23H24F4N4O3S/c1-14(15-2-6-17(24)7-3-15)28-22(32)16-4-8-18(9-5-16)30-35(33,34)19-10-11-21-29-20(23(25,26)27)13-31(21)12-19/h2-3,6-7,10-14,16,18,30H,4-5,8-9H2,1H3,(H,28,32)/t14-,16?,18?/m1/s1. The van der Waals surface area contributed by atoms with Gasteiger partial charge in [-0.3, -0.25) is 4.79 Å². The zero-order chi connectivity index (χ0) is 25.4. The number of rotatable bonds is 6. The zero-order valence-corrected chi connectivity index (χ0v) is 19.5. The molecule has 7 nitrogen and oxygen atoms in total. The maximum Gasteiger partial charge on any atom is 0.434 e. The van der Waals surface area contributed by atoms with Crippen molar-refractivity contribution >= 4 is 21.6 Å². The fourth-order valence-electron chi connectivity index (χ4n) is 4.19. The summed E-state index contributed by atoms with van der Waals surface area (Å²) >= 11 is 0. The van der Waals surface area contributed by atoms with Crippen molar-refractivity contribution in [3.05, 3.63) is 65.9 Å². The minimum atomic E-state index is -4.63. The zero-order valence-electron chi connectivity index (χ0n) is 18.7. The summed E-state index contributed by atoms with van der Waals surface area (Å²) in [7, 11) is -3.98. The summed E-state index contributed by atoms with van der Waals surface area (Å²) in [5.41, 5.74) is -0.346. The molecule has 3 aromatic rings. The minimum Gasteiger partial charge on any atom is -0.349 e. The first-order chi connectivity index (χ1) is 16.4. The number of aromatic nitrogens is 2. The number of alkyl halides is 3. The number of amides is 1. The van der Waals surface area contributed by atoms with E-state index in [1.165, 1.54) is 24.3 Å². The number of pyridine rings is 1. The van der Waals surface area contributed by atoms with Gasteiger partial charge in [0.05, 0.1) is 10.9 Å². The highest BCUT2D eigenvalue weighted by atomic mass is 32.2. The number of hydrogen-bond donors (Lipinski definition) is 2. The SMILES string of the molecule is C[C@@H](NC(=O)C1CCC(NS(=O)(=O)c2ccc3nc(C(F)(F)F)cn3c2)CC1)c1ccc(F)cc1. The van der Waals surface area contributed by atoms with E-state index in [2.05, 4.69) is 15.0 Å². The molecule has 1 saturated carbocycles. The summed E-state index contributed by atoms with van der Waals surface area (Å²) in [5.74, 6) is -0.778. The number of carbonyl (C=O) groups is 1. The minimum absolute atomic E-state index is 0.0161. The van der Waals surface area contributed by atoms with Crippen LogP contribution in [0, 0.1) is 11.7 Å². The van der Waals surface area contributed by atoms with Crippen LogP contribution in [0.3, 0.4) is 0 Å². The van der Waals surface area contributed by atoms with Crippen molar-refractivity contribution in [2.45, 2.75) is 55.8 Å². The van der Waals surface area contributed by atoms with Gasteiger partial charge in [0.25, 0.3) is 0 Å². The lowest BCUT2D eigenvalue weighted by atomic mass is 9.85. The van der Waals surface area contributed by atoms with E-state index >= 15 is 0 Å². The third-order valence-corrected chi connectivity index (χ3v) is 7.68. The number of imidazole rings is 1. The summed E-state index contributed by atoms with van der Waals surface area (Å²) in [6, 6.07) is 7.60. The first-order valence-electron chi connectivity index (χ1n) is 11.1. The average Bonchev–Trinajstić information content (AvgIpc) is 3.24. The molecule has 35 heavy (non-hydrogen) atoms. The highest BCUT2D eigenvalue weighted by Crippen LogP contribution is 2.29. The largest absolute Gasteiger partial charge is 0.434 e. The monoisotopic (exact) mass is 512 g/mol. The van der Waals surface area contributed by atoms with Crippen molar-refractivity contribution in [3.8, 4) is 0 Å². The Kier molecular flexibility index (Phi) is 6.87. The summed E-state index contributed by atoms with van der Waals surface area (Å²) in [6.45, 7) is 1.81. The van der Waals surface area contributed by atoms with Crippen molar-refractivity contribution in [1.29, 1.82) is 0 Å². The van der Waals surface area contributed by atoms with Gasteiger partial charge in [0.2, 0.25) is 15.9 Å². The van der Waals surface area contributed by atoms with E-state index in [1.54, 1.807) is 19.1 Å². The Hall–Kier alpha value is -2.99. The van der Waals surface area contributed by atoms with Crippen LogP contribution in [0.25, 0.3) is 5.65 Å². The fraction of sp³-hybridized carbons (Fsp3) is 0.391. The third-order valence-electron chi connectivity index (χ3n) is 6.17. The smallest absolute Gasteiger partial charge is 0.349 e. The van der Waals surface area contributed by atoms with Crippen molar-refractivity contribution in [2.75, 3.05) is 0 Å². The van der Waals surface area contributed by atoms with Gasteiger partial charge in [-0.25, -0.2) is 22.5 Å². The first-order valence-corrected chi connectivity index (χ1v) is 12.5. The Morgan fingerprint density at radius 1 is 1.06 bits per heavy atom. The highest BCUT2D eigenvalue weighted by molar-refractivity contribution is 7.89. The van der Waals surface area contributed by atoms with Crippen LogP contribution in [-0.2, 0) is 21.0 Å². The number of sulfonamides is 1. The van der Waals surface area contributed by atoms with Crippen LogP contribution >= 0.6 is 0 Å². The Morgan fingerprint density at radius 2 is 1.71 bits per heavy atom. The summed E-state index contributed by atoms with van der Waals surface area (Å²) in [4.78, 5) is 15.9. The highest BCUT2D eigenvalue weighted by Gasteiger charge is 2.34. The van der Waals surface area contributed by atoms with Gasteiger partial charge in [0.1, 0.15) is 11.5 Å². The second-order valence-electron chi connectivity index (χ2n) is 8.71. The molecule has 0 aliphatic heterocycles. The maximum absolute atomic E-state index is 13.1. The van der Waals surface area contributed by atoms with Crippen LogP contribution in [0.15, 0.2) is 53.7 Å². The fourth-order valence-corrected chi connectivity index (χ4v) is 5.50. The van der Waals surface area contributed by atoms with E-state index in [4.69, 9.17) is 0 Å².